The number of amides is 1. The number of carbonyl (C=O) groups excluding carboxylic acids is 1. The Morgan fingerprint density at radius 1 is 1.30 bits per heavy atom. The van der Waals surface area contributed by atoms with E-state index in [1.807, 2.05) is 13.0 Å². The van der Waals surface area contributed by atoms with Gasteiger partial charge in [-0.1, -0.05) is 26.0 Å². The number of hydrogen-bond acceptors (Lipinski definition) is 7. The number of piperazine rings is 1. The van der Waals surface area contributed by atoms with Crippen LogP contribution in [0.15, 0.2) is 24.3 Å². The number of benzene rings is 1. The number of carbonyl (C=O) groups is 1. The Morgan fingerprint density at radius 3 is 2.63 bits per heavy atom. The molecule has 1 aromatic heterocycles. The van der Waals surface area contributed by atoms with Gasteiger partial charge in [-0.25, -0.2) is 0 Å². The molecule has 1 atom stereocenters. The van der Waals surface area contributed by atoms with E-state index in [2.05, 4.69) is 63.3 Å². The lowest BCUT2D eigenvalue weighted by atomic mass is 10.0. The van der Waals surface area contributed by atoms with Crippen molar-refractivity contribution in [2.24, 2.45) is 5.92 Å². The Hall–Kier alpha value is -2.63. The molecule has 0 unspecified atom stereocenters. The van der Waals surface area contributed by atoms with Crippen molar-refractivity contribution < 1.29 is 4.79 Å². The fourth-order valence-corrected chi connectivity index (χ4v) is 4.55. The van der Waals surface area contributed by atoms with E-state index >= 15 is 0 Å². The highest BCUT2D eigenvalue weighted by Crippen LogP contribution is 2.36. The molecule has 3 rings (SSSR count). The summed E-state index contributed by atoms with van der Waals surface area (Å²) in [7, 11) is 0. The molecule has 0 bridgehead atoms. The van der Waals surface area contributed by atoms with Gasteiger partial charge in [0, 0.05) is 37.4 Å². The fraction of sp³-hybridized carbons (Fsp3) is 0.500. The van der Waals surface area contributed by atoms with Crippen LogP contribution in [0.4, 0.5) is 10.7 Å². The summed E-state index contributed by atoms with van der Waals surface area (Å²) in [5.41, 5.74) is 4.29. The zero-order valence-corrected chi connectivity index (χ0v) is 18.7. The molecule has 1 saturated heterocycles. The Bertz CT molecular complexity index is 880. The lowest BCUT2D eigenvalue weighted by Crippen LogP contribution is -2.43. The first-order chi connectivity index (χ1) is 14.5. The molecule has 1 aliphatic rings. The molecule has 0 saturated carbocycles. The molecule has 8 heteroatoms. The molecule has 1 amide bonds. The monoisotopic (exact) mass is 426 g/mol. The van der Waals surface area contributed by atoms with Crippen LogP contribution < -0.4 is 20.9 Å². The van der Waals surface area contributed by atoms with Gasteiger partial charge in [-0.05, 0) is 48.5 Å². The fourth-order valence-electron chi connectivity index (χ4n) is 3.68. The molecule has 0 aliphatic carbocycles. The van der Waals surface area contributed by atoms with Crippen LogP contribution in [-0.4, -0.2) is 49.0 Å². The van der Waals surface area contributed by atoms with Gasteiger partial charge < -0.3 is 20.9 Å². The molecule has 7 nitrogen and oxygen atoms in total. The number of nitriles is 1. The lowest BCUT2D eigenvalue weighted by molar-refractivity contribution is -0.121. The quantitative estimate of drug-likeness (QED) is 0.562. The highest BCUT2D eigenvalue weighted by atomic mass is 32.1. The van der Waals surface area contributed by atoms with E-state index in [-0.39, 0.29) is 12.5 Å². The second-order valence-corrected chi connectivity index (χ2v) is 8.73. The van der Waals surface area contributed by atoms with E-state index in [0.717, 1.165) is 48.0 Å². The average molecular weight is 427 g/mol. The summed E-state index contributed by atoms with van der Waals surface area (Å²) in [5.74, 6) is 0.183. The van der Waals surface area contributed by atoms with Crippen molar-refractivity contribution in [3.8, 4) is 17.2 Å². The van der Waals surface area contributed by atoms with Crippen molar-refractivity contribution in [1.29, 1.82) is 5.26 Å². The van der Waals surface area contributed by atoms with Crippen molar-refractivity contribution in [3.63, 3.8) is 0 Å². The molecule has 0 spiro atoms. The summed E-state index contributed by atoms with van der Waals surface area (Å²) >= 11 is 1.38. The Morgan fingerprint density at radius 2 is 2.00 bits per heavy atom. The first-order valence-corrected chi connectivity index (χ1v) is 11.2. The molecule has 2 heterocycles. The summed E-state index contributed by atoms with van der Waals surface area (Å²) in [6.07, 6.45) is 0.676. The minimum Gasteiger partial charge on any atom is -0.369 e. The first-order valence-electron chi connectivity index (χ1n) is 10.4. The Labute approximate surface area is 182 Å². The van der Waals surface area contributed by atoms with E-state index in [1.54, 1.807) is 0 Å². The van der Waals surface area contributed by atoms with Gasteiger partial charge in [-0.2, -0.15) is 9.64 Å². The number of aryl methyl sites for hydroxylation is 1. The van der Waals surface area contributed by atoms with Gasteiger partial charge >= 0.3 is 0 Å². The smallest absolute Gasteiger partial charge is 0.243 e. The Balaban J connectivity index is 1.81. The maximum Gasteiger partial charge on any atom is 0.243 e. The van der Waals surface area contributed by atoms with E-state index in [9.17, 15) is 4.79 Å². The van der Waals surface area contributed by atoms with Crippen LogP contribution in [-0.2, 0) is 4.79 Å². The number of anilines is 2. The third-order valence-electron chi connectivity index (χ3n) is 5.17. The standard InChI is InChI=1S/C22H30N6OS/c1-15(2)14-19(21(29)25-9-8-23)26-22-20(16(3)27-30-22)17-4-6-18(7-5-17)28-12-10-24-11-13-28/h4-7,15,19,24,26H,9-14H2,1-3H3,(H,25,29)/t19-/m0/s1. The van der Waals surface area contributed by atoms with Crippen LogP contribution >= 0.6 is 11.5 Å². The van der Waals surface area contributed by atoms with Gasteiger partial charge in [0.05, 0.1) is 11.8 Å². The van der Waals surface area contributed by atoms with Crippen molar-refractivity contribution >= 4 is 28.1 Å². The summed E-state index contributed by atoms with van der Waals surface area (Å²) in [6.45, 7) is 10.2. The van der Waals surface area contributed by atoms with Crippen molar-refractivity contribution in [2.45, 2.75) is 33.2 Å². The molecule has 160 valence electrons. The lowest BCUT2D eigenvalue weighted by Gasteiger charge is -2.29. The number of nitrogens with one attached hydrogen (secondary N) is 3. The topological polar surface area (TPSA) is 93.1 Å². The minimum absolute atomic E-state index is 0.0111. The number of rotatable bonds is 8. The largest absolute Gasteiger partial charge is 0.369 e. The predicted octanol–water partition coefficient (Wildman–Crippen LogP) is 2.99. The van der Waals surface area contributed by atoms with Crippen LogP contribution in [0.1, 0.15) is 26.0 Å². The van der Waals surface area contributed by atoms with E-state index in [4.69, 9.17) is 5.26 Å². The zero-order valence-electron chi connectivity index (χ0n) is 17.9. The van der Waals surface area contributed by atoms with Crippen LogP contribution in [0, 0.1) is 24.2 Å². The van der Waals surface area contributed by atoms with Gasteiger partial charge in [0.15, 0.2) is 0 Å². The van der Waals surface area contributed by atoms with Crippen LogP contribution in [0.3, 0.4) is 0 Å². The van der Waals surface area contributed by atoms with Gasteiger partial charge in [0.25, 0.3) is 0 Å². The maximum atomic E-state index is 12.6. The van der Waals surface area contributed by atoms with Gasteiger partial charge in [0.2, 0.25) is 5.91 Å². The zero-order chi connectivity index (χ0) is 21.5. The second kappa shape index (κ2) is 10.4. The van der Waals surface area contributed by atoms with Crippen molar-refractivity contribution in [1.82, 2.24) is 15.0 Å². The van der Waals surface area contributed by atoms with Gasteiger partial charge in [-0.3, -0.25) is 4.79 Å². The second-order valence-electron chi connectivity index (χ2n) is 7.96. The van der Waals surface area contributed by atoms with Gasteiger partial charge in [0.1, 0.15) is 17.6 Å². The van der Waals surface area contributed by atoms with Crippen LogP contribution in [0.5, 0.6) is 0 Å². The molecule has 3 N–H and O–H groups in total. The summed E-state index contributed by atoms with van der Waals surface area (Å²) < 4.78 is 4.54. The van der Waals surface area contributed by atoms with Crippen LogP contribution in [0.2, 0.25) is 0 Å². The molecular formula is C22H30N6OS. The molecule has 1 fully saturated rings. The summed E-state index contributed by atoms with van der Waals surface area (Å²) in [4.78, 5) is 15.0. The molecule has 30 heavy (non-hydrogen) atoms. The van der Waals surface area contributed by atoms with Gasteiger partial charge in [-0.15, -0.1) is 0 Å². The highest BCUT2D eigenvalue weighted by molar-refractivity contribution is 7.11. The van der Waals surface area contributed by atoms with E-state index < -0.39 is 6.04 Å². The first kappa shape index (κ1) is 22.1. The van der Waals surface area contributed by atoms with E-state index in [1.165, 1.54) is 17.2 Å². The predicted molar refractivity (Wildman–Crippen MR) is 123 cm³/mol. The number of hydrogen-bond donors (Lipinski definition) is 3. The number of nitrogens with zero attached hydrogens (tertiary/aromatic N) is 3. The van der Waals surface area contributed by atoms with Crippen molar-refractivity contribution in [2.75, 3.05) is 42.9 Å². The van der Waals surface area contributed by atoms with Crippen LogP contribution in [0.25, 0.3) is 11.1 Å². The maximum absolute atomic E-state index is 12.6. The number of aromatic nitrogens is 1. The molecule has 0 radical (unpaired) electrons. The minimum atomic E-state index is -0.405. The normalized spacial score (nSPS) is 15.0. The molecule has 1 aromatic carbocycles. The molecule has 1 aliphatic heterocycles. The molecular weight excluding hydrogens is 396 g/mol. The van der Waals surface area contributed by atoms with E-state index in [0.29, 0.717) is 12.3 Å². The third-order valence-corrected chi connectivity index (χ3v) is 6.04. The summed E-state index contributed by atoms with van der Waals surface area (Å²) in [5, 5.41) is 19.1. The Kier molecular flexibility index (Phi) is 7.66. The third kappa shape index (κ3) is 5.49. The van der Waals surface area contributed by atoms with Crippen molar-refractivity contribution in [3.05, 3.63) is 30.0 Å². The SMILES string of the molecule is Cc1nsc(N[C@@H](CC(C)C)C(=O)NCC#N)c1-c1ccc(N2CCNCC2)cc1. The highest BCUT2D eigenvalue weighted by Gasteiger charge is 2.23. The summed E-state index contributed by atoms with van der Waals surface area (Å²) in [6, 6.07) is 10.1. The average Bonchev–Trinajstić information content (AvgIpc) is 3.12. The molecule has 2 aromatic rings.